The van der Waals surface area contributed by atoms with Crippen LogP contribution in [0.2, 0.25) is 0 Å². The number of ether oxygens (including phenoxy) is 1. The van der Waals surface area contributed by atoms with E-state index in [9.17, 15) is 18.0 Å². The lowest BCUT2D eigenvalue weighted by molar-refractivity contribution is -0.147. The number of nitrogens with zero attached hydrogens (tertiary/aromatic N) is 2. The molecule has 0 fully saturated rings. The molecule has 0 aliphatic rings. The van der Waals surface area contributed by atoms with Gasteiger partial charge in [0.05, 0.1) is 16.3 Å². The molecule has 1 N–H and O–H groups in total. The number of rotatable bonds is 9. The molecule has 0 atom stereocenters. The van der Waals surface area contributed by atoms with E-state index in [2.05, 4.69) is 5.32 Å². The molecule has 0 aliphatic heterocycles. The van der Waals surface area contributed by atoms with Gasteiger partial charge in [-0.15, -0.1) is 0 Å². The number of sulfonamides is 1. The third kappa shape index (κ3) is 6.84. The summed E-state index contributed by atoms with van der Waals surface area (Å²) in [5.41, 5.74) is 0.957. The Kier molecular flexibility index (Phi) is 8.23. The molecule has 0 unspecified atom stereocenters. The number of carbonyl (C=O) groups excluding carboxylic acids is 2. The number of hydrogen-bond donors (Lipinski definition) is 1. The first-order valence-electron chi connectivity index (χ1n) is 8.64. The Morgan fingerprint density at radius 1 is 1.15 bits per heavy atom. The standard InChI is InChI=1S/C18H29N3O5S/c1-13(2)7-10-18(23)26-12-17(22)19-15-11-14(27(24,25)21(5)6)8-9-16(15)20(3)4/h8-9,11,13H,7,10,12H2,1-6H3,(H,19,22). The number of amides is 1. The predicted molar refractivity (Wildman–Crippen MR) is 105 cm³/mol. The third-order valence-electron chi connectivity index (χ3n) is 3.79. The zero-order valence-electron chi connectivity index (χ0n) is 16.8. The molecule has 0 saturated carbocycles. The van der Waals surface area contributed by atoms with Gasteiger partial charge in [-0.1, -0.05) is 13.8 Å². The molecule has 0 heterocycles. The van der Waals surface area contributed by atoms with Crippen LogP contribution in [-0.4, -0.2) is 59.4 Å². The van der Waals surface area contributed by atoms with Gasteiger partial charge in [0.15, 0.2) is 6.61 Å². The summed E-state index contributed by atoms with van der Waals surface area (Å²) in [7, 11) is 2.78. The maximum atomic E-state index is 12.3. The minimum Gasteiger partial charge on any atom is -0.456 e. The van der Waals surface area contributed by atoms with Crippen molar-refractivity contribution in [1.29, 1.82) is 0 Å². The highest BCUT2D eigenvalue weighted by Gasteiger charge is 2.20. The van der Waals surface area contributed by atoms with Gasteiger partial charge in [0, 0.05) is 34.6 Å². The molecule has 0 aromatic heterocycles. The quantitative estimate of drug-likeness (QED) is 0.638. The molecule has 0 radical (unpaired) electrons. The van der Waals surface area contributed by atoms with Crippen LogP contribution >= 0.6 is 0 Å². The Labute approximate surface area is 161 Å². The largest absolute Gasteiger partial charge is 0.456 e. The molecule has 1 aromatic carbocycles. The van der Waals surface area contributed by atoms with E-state index in [-0.39, 0.29) is 11.3 Å². The van der Waals surface area contributed by atoms with Gasteiger partial charge in [0.2, 0.25) is 10.0 Å². The highest BCUT2D eigenvalue weighted by Crippen LogP contribution is 2.28. The third-order valence-corrected chi connectivity index (χ3v) is 5.60. The van der Waals surface area contributed by atoms with E-state index >= 15 is 0 Å². The molecular formula is C18H29N3O5S. The number of anilines is 2. The SMILES string of the molecule is CC(C)CCC(=O)OCC(=O)Nc1cc(S(=O)(=O)N(C)C)ccc1N(C)C. The van der Waals surface area contributed by atoms with Gasteiger partial charge in [-0.3, -0.25) is 9.59 Å². The van der Waals surface area contributed by atoms with Crippen LogP contribution < -0.4 is 10.2 Å². The van der Waals surface area contributed by atoms with Gasteiger partial charge >= 0.3 is 5.97 Å². The van der Waals surface area contributed by atoms with Gasteiger partial charge in [-0.2, -0.15) is 0 Å². The Morgan fingerprint density at radius 2 is 1.78 bits per heavy atom. The molecule has 0 spiro atoms. The highest BCUT2D eigenvalue weighted by molar-refractivity contribution is 7.89. The molecule has 1 amide bonds. The van der Waals surface area contributed by atoms with E-state index in [1.807, 2.05) is 13.8 Å². The summed E-state index contributed by atoms with van der Waals surface area (Å²) < 4.78 is 30.7. The van der Waals surface area contributed by atoms with Crippen LogP contribution in [0.15, 0.2) is 23.1 Å². The molecule has 0 aliphatic carbocycles. The summed E-state index contributed by atoms with van der Waals surface area (Å²) in [5, 5.41) is 2.62. The van der Waals surface area contributed by atoms with Crippen molar-refractivity contribution in [1.82, 2.24) is 4.31 Å². The minimum atomic E-state index is -3.64. The van der Waals surface area contributed by atoms with Crippen LogP contribution in [0.3, 0.4) is 0 Å². The summed E-state index contributed by atoms with van der Waals surface area (Å²) in [6, 6.07) is 4.48. The van der Waals surface area contributed by atoms with Crippen LogP contribution in [0.4, 0.5) is 11.4 Å². The monoisotopic (exact) mass is 399 g/mol. The van der Waals surface area contributed by atoms with Crippen molar-refractivity contribution in [2.24, 2.45) is 5.92 Å². The summed E-state index contributed by atoms with van der Waals surface area (Å²) >= 11 is 0. The first kappa shape index (κ1) is 22.9. The van der Waals surface area contributed by atoms with Gasteiger partial charge in [-0.05, 0) is 30.5 Å². The Morgan fingerprint density at radius 3 is 2.30 bits per heavy atom. The zero-order valence-corrected chi connectivity index (χ0v) is 17.6. The van der Waals surface area contributed by atoms with E-state index in [1.54, 1.807) is 25.1 Å². The van der Waals surface area contributed by atoms with Gasteiger partial charge in [0.25, 0.3) is 5.91 Å². The normalized spacial score (nSPS) is 11.6. The smallest absolute Gasteiger partial charge is 0.306 e. The minimum absolute atomic E-state index is 0.0577. The molecule has 0 bridgehead atoms. The highest BCUT2D eigenvalue weighted by atomic mass is 32.2. The fourth-order valence-corrected chi connectivity index (χ4v) is 3.12. The van der Waals surface area contributed by atoms with Crippen molar-refractivity contribution < 1.29 is 22.7 Å². The molecule has 8 nitrogen and oxygen atoms in total. The van der Waals surface area contributed by atoms with E-state index in [4.69, 9.17) is 4.74 Å². The number of hydrogen-bond acceptors (Lipinski definition) is 6. The lowest BCUT2D eigenvalue weighted by atomic mass is 10.1. The van der Waals surface area contributed by atoms with E-state index in [0.717, 1.165) is 4.31 Å². The van der Waals surface area contributed by atoms with Crippen molar-refractivity contribution >= 4 is 33.3 Å². The van der Waals surface area contributed by atoms with Crippen molar-refractivity contribution in [2.45, 2.75) is 31.6 Å². The topological polar surface area (TPSA) is 96.0 Å². The summed E-state index contributed by atoms with van der Waals surface area (Å²) in [4.78, 5) is 25.6. The lowest BCUT2D eigenvalue weighted by Gasteiger charge is -2.20. The van der Waals surface area contributed by atoms with E-state index < -0.39 is 28.5 Å². The van der Waals surface area contributed by atoms with Crippen molar-refractivity contribution in [3.05, 3.63) is 18.2 Å². The Balaban J connectivity index is 2.91. The Hall–Kier alpha value is -2.13. The average Bonchev–Trinajstić information content (AvgIpc) is 2.57. The molecule has 9 heteroatoms. The molecule has 1 rings (SSSR count). The second-order valence-corrected chi connectivity index (χ2v) is 9.15. The average molecular weight is 400 g/mol. The summed E-state index contributed by atoms with van der Waals surface area (Å²) in [5.74, 6) is -0.596. The fourth-order valence-electron chi connectivity index (χ4n) is 2.19. The number of benzene rings is 1. The van der Waals surface area contributed by atoms with Gasteiger partial charge in [-0.25, -0.2) is 12.7 Å². The predicted octanol–water partition coefficient (Wildman–Crippen LogP) is 1.92. The first-order chi connectivity index (χ1) is 12.4. The van der Waals surface area contributed by atoms with Gasteiger partial charge in [0.1, 0.15) is 0 Å². The van der Waals surface area contributed by atoms with E-state index in [0.29, 0.717) is 23.7 Å². The molecule has 27 heavy (non-hydrogen) atoms. The van der Waals surface area contributed by atoms with Crippen LogP contribution in [0.5, 0.6) is 0 Å². The number of nitrogens with one attached hydrogen (secondary N) is 1. The number of carbonyl (C=O) groups is 2. The van der Waals surface area contributed by atoms with Crippen molar-refractivity contribution in [3.8, 4) is 0 Å². The second-order valence-electron chi connectivity index (χ2n) is 7.00. The first-order valence-corrected chi connectivity index (χ1v) is 10.1. The molecule has 1 aromatic rings. The maximum Gasteiger partial charge on any atom is 0.306 e. The van der Waals surface area contributed by atoms with Crippen LogP contribution in [0, 0.1) is 5.92 Å². The fraction of sp³-hybridized carbons (Fsp3) is 0.556. The van der Waals surface area contributed by atoms with Crippen molar-refractivity contribution in [3.63, 3.8) is 0 Å². The van der Waals surface area contributed by atoms with Crippen LogP contribution in [-0.2, 0) is 24.3 Å². The number of esters is 1. The van der Waals surface area contributed by atoms with E-state index in [1.165, 1.54) is 26.2 Å². The zero-order chi connectivity index (χ0) is 20.8. The summed E-state index contributed by atoms with van der Waals surface area (Å²) in [6.07, 6.45) is 0.945. The lowest BCUT2D eigenvalue weighted by Crippen LogP contribution is -2.24. The molecule has 152 valence electrons. The van der Waals surface area contributed by atoms with Crippen LogP contribution in [0.25, 0.3) is 0 Å². The Bertz CT molecular complexity index is 773. The maximum absolute atomic E-state index is 12.3. The van der Waals surface area contributed by atoms with Crippen LogP contribution in [0.1, 0.15) is 26.7 Å². The van der Waals surface area contributed by atoms with Crippen molar-refractivity contribution in [2.75, 3.05) is 45.0 Å². The summed E-state index contributed by atoms with van der Waals surface area (Å²) in [6.45, 7) is 3.57. The van der Waals surface area contributed by atoms with Gasteiger partial charge < -0.3 is 15.0 Å². The second kappa shape index (κ2) is 9.70. The molecule has 0 saturated heterocycles. The molecular weight excluding hydrogens is 370 g/mol.